The van der Waals surface area contributed by atoms with Crippen molar-refractivity contribution in [3.8, 4) is 0 Å². The number of hydrogen-bond acceptors (Lipinski definition) is 2. The van der Waals surface area contributed by atoms with Crippen LogP contribution in [0.25, 0.3) is 0 Å². The van der Waals surface area contributed by atoms with E-state index in [-0.39, 0.29) is 6.47 Å². The lowest BCUT2D eigenvalue weighted by atomic mass is 10.3. The predicted molar refractivity (Wildman–Crippen MR) is 44.2 cm³/mol. The topological polar surface area (TPSA) is 40.5 Å². The summed E-state index contributed by atoms with van der Waals surface area (Å²) in [5.74, 6) is 0. The lowest BCUT2D eigenvalue weighted by Gasteiger charge is -2.16. The first-order valence-corrected chi connectivity index (χ1v) is 3.50. The molecule has 0 spiro atoms. The molecule has 0 atom stereocenters. The zero-order valence-corrected chi connectivity index (χ0v) is 6.60. The highest BCUT2D eigenvalue weighted by Crippen LogP contribution is 1.95. The van der Waals surface area contributed by atoms with Gasteiger partial charge in [-0.05, 0) is 19.2 Å². The van der Waals surface area contributed by atoms with Gasteiger partial charge in [-0.1, -0.05) is 12.2 Å². The van der Waals surface area contributed by atoms with Gasteiger partial charge in [0.15, 0.2) is 0 Å². The van der Waals surface area contributed by atoms with Crippen LogP contribution in [0.15, 0.2) is 24.4 Å². The molecular weight excluding hydrogens is 142 g/mol. The summed E-state index contributed by atoms with van der Waals surface area (Å²) in [6, 6.07) is 0. The molecule has 0 unspecified atom stereocenters. The number of carbonyl (C=O) groups is 1. The normalized spacial score (nSPS) is 13.7. The minimum atomic E-state index is -0.250. The Morgan fingerprint density at radius 3 is 2.55 bits per heavy atom. The molecule has 0 aromatic heterocycles. The van der Waals surface area contributed by atoms with Crippen molar-refractivity contribution < 1.29 is 9.90 Å². The quantitative estimate of drug-likeness (QED) is 0.576. The van der Waals surface area contributed by atoms with Gasteiger partial charge in [0.25, 0.3) is 6.47 Å². The number of rotatable bonds is 1. The number of nitrogens with zero attached hydrogens (tertiary/aromatic N) is 1. The van der Waals surface area contributed by atoms with Crippen LogP contribution in [-0.2, 0) is 4.79 Å². The lowest BCUT2D eigenvalue weighted by Crippen LogP contribution is -2.17. The van der Waals surface area contributed by atoms with Gasteiger partial charge >= 0.3 is 0 Å². The SMILES string of the molecule is CCN1C=CC=CC1.O=CO. The largest absolute Gasteiger partial charge is 0.483 e. The average Bonchev–Trinajstić information content (AvgIpc) is 2.08. The van der Waals surface area contributed by atoms with Crippen molar-refractivity contribution in [3.63, 3.8) is 0 Å². The monoisotopic (exact) mass is 155 g/mol. The minimum Gasteiger partial charge on any atom is -0.483 e. The second kappa shape index (κ2) is 6.86. The summed E-state index contributed by atoms with van der Waals surface area (Å²) in [5.41, 5.74) is 0. The molecule has 0 radical (unpaired) electrons. The Balaban J connectivity index is 0.000000292. The zero-order chi connectivity index (χ0) is 8.53. The van der Waals surface area contributed by atoms with E-state index in [2.05, 4.69) is 36.3 Å². The second-order valence-corrected chi connectivity index (χ2v) is 1.96. The Bertz CT molecular complexity index is 152. The highest BCUT2D eigenvalue weighted by Gasteiger charge is 1.91. The van der Waals surface area contributed by atoms with Crippen molar-refractivity contribution in [2.75, 3.05) is 13.1 Å². The van der Waals surface area contributed by atoms with Gasteiger partial charge in [-0.3, -0.25) is 4.79 Å². The molecule has 3 nitrogen and oxygen atoms in total. The van der Waals surface area contributed by atoms with E-state index in [0.29, 0.717) is 0 Å². The number of likely N-dealkylation sites (N-methyl/N-ethyl adjacent to an activating group) is 1. The van der Waals surface area contributed by atoms with E-state index in [1.165, 1.54) is 0 Å². The molecule has 0 aromatic carbocycles. The van der Waals surface area contributed by atoms with Crippen LogP contribution in [-0.4, -0.2) is 29.6 Å². The van der Waals surface area contributed by atoms with Crippen LogP contribution in [0.4, 0.5) is 0 Å². The molecule has 1 aliphatic rings. The molecule has 1 heterocycles. The summed E-state index contributed by atoms with van der Waals surface area (Å²) in [6.07, 6.45) is 8.41. The molecule has 3 heteroatoms. The molecule has 0 amide bonds. The summed E-state index contributed by atoms with van der Waals surface area (Å²) in [6.45, 7) is 4.09. The van der Waals surface area contributed by atoms with E-state index in [1.807, 2.05) is 0 Å². The van der Waals surface area contributed by atoms with E-state index in [9.17, 15) is 0 Å². The van der Waals surface area contributed by atoms with Crippen molar-refractivity contribution in [2.24, 2.45) is 0 Å². The van der Waals surface area contributed by atoms with Crippen molar-refractivity contribution in [1.29, 1.82) is 0 Å². The van der Waals surface area contributed by atoms with Crippen LogP contribution in [0.2, 0.25) is 0 Å². The fraction of sp³-hybridized carbons (Fsp3) is 0.375. The summed E-state index contributed by atoms with van der Waals surface area (Å²) in [4.78, 5) is 10.6. The van der Waals surface area contributed by atoms with Gasteiger partial charge in [0.1, 0.15) is 0 Å². The number of hydrogen-bond donors (Lipinski definition) is 1. The molecule has 0 saturated heterocycles. The summed E-state index contributed by atoms with van der Waals surface area (Å²) >= 11 is 0. The zero-order valence-electron chi connectivity index (χ0n) is 6.60. The third-order valence-electron chi connectivity index (χ3n) is 1.29. The van der Waals surface area contributed by atoms with Crippen LogP contribution in [0.1, 0.15) is 6.92 Å². The molecule has 1 N–H and O–H groups in total. The van der Waals surface area contributed by atoms with Gasteiger partial charge in [-0.25, -0.2) is 0 Å². The van der Waals surface area contributed by atoms with Gasteiger partial charge in [-0.15, -0.1) is 0 Å². The third-order valence-corrected chi connectivity index (χ3v) is 1.29. The smallest absolute Gasteiger partial charge is 0.290 e. The van der Waals surface area contributed by atoms with Crippen molar-refractivity contribution in [1.82, 2.24) is 4.90 Å². The molecule has 62 valence electrons. The Kier molecular flexibility index (Phi) is 6.08. The molecule has 0 aliphatic carbocycles. The Hall–Kier alpha value is -1.25. The average molecular weight is 155 g/mol. The van der Waals surface area contributed by atoms with Gasteiger partial charge in [0.2, 0.25) is 0 Å². The van der Waals surface area contributed by atoms with Gasteiger partial charge < -0.3 is 10.0 Å². The Morgan fingerprint density at radius 2 is 2.27 bits per heavy atom. The van der Waals surface area contributed by atoms with E-state index >= 15 is 0 Å². The standard InChI is InChI=1S/C7H11N.CH2O2/c1-2-8-6-4-3-5-7-8;2-1-3/h3-6H,2,7H2,1H3;1H,(H,2,3). The highest BCUT2D eigenvalue weighted by atomic mass is 16.3. The van der Waals surface area contributed by atoms with Crippen LogP contribution in [0, 0.1) is 0 Å². The predicted octanol–water partition coefficient (Wildman–Crippen LogP) is 1.09. The van der Waals surface area contributed by atoms with E-state index in [1.54, 1.807) is 0 Å². The van der Waals surface area contributed by atoms with Crippen LogP contribution in [0.3, 0.4) is 0 Å². The minimum absolute atomic E-state index is 0.250. The molecule has 0 aromatic rings. The molecule has 11 heavy (non-hydrogen) atoms. The van der Waals surface area contributed by atoms with Crippen LogP contribution >= 0.6 is 0 Å². The van der Waals surface area contributed by atoms with Gasteiger partial charge in [-0.2, -0.15) is 0 Å². The number of allylic oxidation sites excluding steroid dienone is 2. The van der Waals surface area contributed by atoms with Crippen molar-refractivity contribution in [2.45, 2.75) is 6.92 Å². The lowest BCUT2D eigenvalue weighted by molar-refractivity contribution is -0.122. The number of carboxylic acid groups (broad SMARTS) is 1. The molecule has 1 aliphatic heterocycles. The molecular formula is C8H13NO2. The Morgan fingerprint density at radius 1 is 1.64 bits per heavy atom. The highest BCUT2D eigenvalue weighted by molar-refractivity contribution is 5.32. The van der Waals surface area contributed by atoms with Crippen molar-refractivity contribution >= 4 is 6.47 Å². The molecule has 0 bridgehead atoms. The Labute approximate surface area is 66.6 Å². The van der Waals surface area contributed by atoms with Crippen LogP contribution in [0.5, 0.6) is 0 Å². The second-order valence-electron chi connectivity index (χ2n) is 1.96. The van der Waals surface area contributed by atoms with Gasteiger partial charge in [0.05, 0.1) is 0 Å². The first-order valence-electron chi connectivity index (χ1n) is 3.50. The fourth-order valence-corrected chi connectivity index (χ4v) is 0.742. The third kappa shape index (κ3) is 5.21. The fourth-order valence-electron chi connectivity index (χ4n) is 0.742. The summed E-state index contributed by atoms with van der Waals surface area (Å²) in [7, 11) is 0. The maximum absolute atomic E-state index is 8.36. The van der Waals surface area contributed by atoms with E-state index in [0.717, 1.165) is 13.1 Å². The van der Waals surface area contributed by atoms with E-state index < -0.39 is 0 Å². The van der Waals surface area contributed by atoms with Gasteiger partial charge in [0, 0.05) is 13.1 Å². The van der Waals surface area contributed by atoms with Crippen LogP contribution < -0.4 is 0 Å². The first kappa shape index (κ1) is 9.75. The first-order chi connectivity index (χ1) is 5.35. The maximum atomic E-state index is 8.36. The maximum Gasteiger partial charge on any atom is 0.290 e. The molecule has 0 fully saturated rings. The van der Waals surface area contributed by atoms with Crippen molar-refractivity contribution in [3.05, 3.63) is 24.4 Å². The summed E-state index contributed by atoms with van der Waals surface area (Å²) in [5, 5.41) is 6.89. The summed E-state index contributed by atoms with van der Waals surface area (Å²) < 4.78 is 0. The molecule has 0 saturated carbocycles. The van der Waals surface area contributed by atoms with E-state index in [4.69, 9.17) is 9.90 Å². The molecule has 1 rings (SSSR count).